The van der Waals surface area contributed by atoms with Crippen molar-refractivity contribution in [3.05, 3.63) is 59.7 Å². The third kappa shape index (κ3) is 8.01. The highest BCUT2D eigenvalue weighted by molar-refractivity contribution is 5.66. The number of allylic oxidation sites excluding steroid dienone is 2. The second-order valence-electron chi connectivity index (χ2n) is 7.96. The number of unbranched alkanes of at least 4 members (excludes halogenated alkanes) is 1. The number of hydrogen-bond acceptors (Lipinski definition) is 4. The van der Waals surface area contributed by atoms with Crippen LogP contribution >= 0.6 is 0 Å². The van der Waals surface area contributed by atoms with E-state index < -0.39 is 24.3 Å². The number of carbonyl (C=O) groups is 1. The predicted molar refractivity (Wildman–Crippen MR) is 114 cm³/mol. The molecular weight excluding hydrogens is 387 g/mol. The van der Waals surface area contributed by atoms with Gasteiger partial charge in [0, 0.05) is 38.2 Å². The molecule has 1 saturated carbocycles. The van der Waals surface area contributed by atoms with Crippen LogP contribution in [0.3, 0.4) is 0 Å². The fourth-order valence-electron chi connectivity index (χ4n) is 3.99. The maximum absolute atomic E-state index is 14.4. The standard InChI is InChI=1S/C24H33FO5/c1-30-16-18-8-6-7-17(13-18)14-19(26)11-12-21-20(22(25)15-23(21)27)9-4-2-3-5-10-24(28)29/h2,4,6-8,11-13,19-23,26-27H,3,5,9-10,14-16H2,1H3,(H,28,29)/b4-2-,12-11+/t19-,20-,21-,22-,23-/m1/s1. The van der Waals surface area contributed by atoms with Crippen LogP contribution in [-0.2, 0) is 22.6 Å². The lowest BCUT2D eigenvalue weighted by Gasteiger charge is -2.19. The van der Waals surface area contributed by atoms with Gasteiger partial charge in [-0.05, 0) is 30.4 Å². The molecule has 1 aliphatic rings. The number of methoxy groups -OCH3 is 1. The van der Waals surface area contributed by atoms with Gasteiger partial charge in [-0.1, -0.05) is 48.6 Å². The Morgan fingerprint density at radius 3 is 2.83 bits per heavy atom. The topological polar surface area (TPSA) is 87.0 Å². The summed E-state index contributed by atoms with van der Waals surface area (Å²) < 4.78 is 19.5. The van der Waals surface area contributed by atoms with Gasteiger partial charge in [0.05, 0.1) is 18.8 Å². The maximum Gasteiger partial charge on any atom is 0.303 e. The second kappa shape index (κ2) is 12.6. The molecular formula is C24H33FO5. The van der Waals surface area contributed by atoms with Gasteiger partial charge in [-0.3, -0.25) is 4.79 Å². The molecule has 0 bridgehead atoms. The first kappa shape index (κ1) is 24.3. The Bertz CT molecular complexity index is 717. The number of aliphatic hydroxyl groups excluding tert-OH is 2. The smallest absolute Gasteiger partial charge is 0.303 e. The lowest BCUT2D eigenvalue weighted by Crippen LogP contribution is -2.19. The molecule has 0 amide bonds. The van der Waals surface area contributed by atoms with Crippen LogP contribution in [0.15, 0.2) is 48.6 Å². The van der Waals surface area contributed by atoms with E-state index in [1.54, 1.807) is 19.3 Å². The van der Waals surface area contributed by atoms with Gasteiger partial charge in [0.2, 0.25) is 0 Å². The van der Waals surface area contributed by atoms with E-state index in [0.717, 1.165) is 11.1 Å². The normalized spacial score (nSPS) is 25.3. The molecule has 0 unspecified atom stereocenters. The molecule has 0 aromatic heterocycles. The van der Waals surface area contributed by atoms with Crippen molar-refractivity contribution < 1.29 is 29.2 Å². The second-order valence-corrected chi connectivity index (χ2v) is 7.96. The first-order valence-corrected chi connectivity index (χ1v) is 10.5. The summed E-state index contributed by atoms with van der Waals surface area (Å²) in [5.41, 5.74) is 2.02. The van der Waals surface area contributed by atoms with Gasteiger partial charge < -0.3 is 20.1 Å². The van der Waals surface area contributed by atoms with Gasteiger partial charge in [-0.25, -0.2) is 4.39 Å². The van der Waals surface area contributed by atoms with E-state index in [4.69, 9.17) is 9.84 Å². The van der Waals surface area contributed by atoms with Crippen LogP contribution in [0, 0.1) is 11.8 Å². The Hall–Kier alpha value is -2.02. The summed E-state index contributed by atoms with van der Waals surface area (Å²) >= 11 is 0. The van der Waals surface area contributed by atoms with E-state index >= 15 is 0 Å². The van der Waals surface area contributed by atoms with Crippen LogP contribution < -0.4 is 0 Å². The van der Waals surface area contributed by atoms with E-state index in [2.05, 4.69) is 0 Å². The van der Waals surface area contributed by atoms with Crippen molar-refractivity contribution in [2.75, 3.05) is 7.11 Å². The van der Waals surface area contributed by atoms with Crippen molar-refractivity contribution in [1.82, 2.24) is 0 Å². The van der Waals surface area contributed by atoms with Crippen LogP contribution in [0.1, 0.15) is 43.2 Å². The summed E-state index contributed by atoms with van der Waals surface area (Å²) in [5, 5.41) is 29.3. The highest BCUT2D eigenvalue weighted by atomic mass is 19.1. The molecule has 30 heavy (non-hydrogen) atoms. The van der Waals surface area contributed by atoms with Gasteiger partial charge in [-0.15, -0.1) is 0 Å². The molecule has 0 aliphatic heterocycles. The van der Waals surface area contributed by atoms with Crippen LogP contribution in [0.25, 0.3) is 0 Å². The lowest BCUT2D eigenvalue weighted by molar-refractivity contribution is -0.137. The molecule has 0 spiro atoms. The highest BCUT2D eigenvalue weighted by Crippen LogP contribution is 2.38. The Balaban J connectivity index is 1.89. The number of aliphatic hydroxyl groups is 2. The molecule has 0 radical (unpaired) electrons. The van der Waals surface area contributed by atoms with Crippen LogP contribution in [0.4, 0.5) is 4.39 Å². The number of alkyl halides is 1. The molecule has 5 nitrogen and oxygen atoms in total. The quantitative estimate of drug-likeness (QED) is 0.353. The Morgan fingerprint density at radius 1 is 1.33 bits per heavy atom. The van der Waals surface area contributed by atoms with Gasteiger partial charge >= 0.3 is 5.97 Å². The number of hydrogen-bond donors (Lipinski definition) is 3. The molecule has 3 N–H and O–H groups in total. The van der Waals surface area contributed by atoms with Crippen LogP contribution in [-0.4, -0.2) is 46.8 Å². The van der Waals surface area contributed by atoms with E-state index in [1.165, 1.54) is 0 Å². The van der Waals surface area contributed by atoms with Crippen LogP contribution in [0.2, 0.25) is 0 Å². The average molecular weight is 421 g/mol. The number of rotatable bonds is 12. The molecule has 1 aromatic rings. The third-order valence-corrected chi connectivity index (χ3v) is 5.51. The first-order chi connectivity index (χ1) is 14.4. The monoisotopic (exact) mass is 420 g/mol. The fraction of sp³-hybridized carbons (Fsp3) is 0.542. The number of halogens is 1. The number of benzene rings is 1. The van der Waals surface area contributed by atoms with Crippen molar-refractivity contribution in [1.29, 1.82) is 0 Å². The molecule has 1 aliphatic carbocycles. The van der Waals surface area contributed by atoms with E-state index in [-0.39, 0.29) is 24.7 Å². The van der Waals surface area contributed by atoms with E-state index in [1.807, 2.05) is 36.4 Å². The predicted octanol–water partition coefficient (Wildman–Crippen LogP) is 3.83. The molecule has 1 aromatic carbocycles. The largest absolute Gasteiger partial charge is 0.481 e. The molecule has 6 heteroatoms. The average Bonchev–Trinajstić information content (AvgIpc) is 2.95. The van der Waals surface area contributed by atoms with Gasteiger partial charge in [0.1, 0.15) is 6.17 Å². The molecule has 0 saturated heterocycles. The maximum atomic E-state index is 14.4. The van der Waals surface area contributed by atoms with Crippen LogP contribution in [0.5, 0.6) is 0 Å². The summed E-state index contributed by atoms with van der Waals surface area (Å²) in [6, 6.07) is 7.81. The minimum atomic E-state index is -1.10. The van der Waals surface area contributed by atoms with E-state index in [9.17, 15) is 19.4 Å². The van der Waals surface area contributed by atoms with Crippen molar-refractivity contribution in [2.45, 2.75) is 63.5 Å². The first-order valence-electron chi connectivity index (χ1n) is 10.5. The highest BCUT2D eigenvalue weighted by Gasteiger charge is 2.40. The lowest BCUT2D eigenvalue weighted by atomic mass is 9.89. The van der Waals surface area contributed by atoms with Crippen molar-refractivity contribution in [2.24, 2.45) is 11.8 Å². The minimum absolute atomic E-state index is 0.0989. The minimum Gasteiger partial charge on any atom is -0.481 e. The molecule has 0 heterocycles. The van der Waals surface area contributed by atoms with Crippen molar-refractivity contribution in [3.8, 4) is 0 Å². The Morgan fingerprint density at radius 2 is 2.10 bits per heavy atom. The number of carboxylic acid groups (broad SMARTS) is 1. The third-order valence-electron chi connectivity index (χ3n) is 5.51. The zero-order valence-corrected chi connectivity index (χ0v) is 17.5. The van der Waals surface area contributed by atoms with Crippen molar-refractivity contribution >= 4 is 5.97 Å². The zero-order chi connectivity index (χ0) is 21.9. The zero-order valence-electron chi connectivity index (χ0n) is 17.5. The fourth-order valence-corrected chi connectivity index (χ4v) is 3.99. The summed E-state index contributed by atoms with van der Waals surface area (Å²) in [7, 11) is 1.64. The van der Waals surface area contributed by atoms with Gasteiger partial charge in [-0.2, -0.15) is 0 Å². The summed E-state index contributed by atoms with van der Waals surface area (Å²) in [6.07, 6.45) is 6.89. The summed E-state index contributed by atoms with van der Waals surface area (Å²) in [6.45, 7) is 0.511. The summed E-state index contributed by atoms with van der Waals surface area (Å²) in [5.74, 6) is -1.51. The number of aliphatic carboxylic acids is 1. The SMILES string of the molecule is COCc1cccc(C[C@H](O)/C=C/[C@@H]2[C@@H](C/C=C\CCCC(=O)O)[C@H](F)C[C@H]2O)c1. The molecule has 2 rings (SSSR count). The molecule has 166 valence electrons. The van der Waals surface area contributed by atoms with Crippen molar-refractivity contribution in [3.63, 3.8) is 0 Å². The molecule has 1 fully saturated rings. The molecule has 5 atom stereocenters. The van der Waals surface area contributed by atoms with Gasteiger partial charge in [0.15, 0.2) is 0 Å². The number of carboxylic acids is 1. The number of ether oxygens (including phenoxy) is 1. The Kier molecular flexibility index (Phi) is 10.2. The Labute approximate surface area is 177 Å². The van der Waals surface area contributed by atoms with E-state index in [0.29, 0.717) is 32.3 Å². The van der Waals surface area contributed by atoms with Gasteiger partial charge in [0.25, 0.3) is 0 Å². The summed E-state index contributed by atoms with van der Waals surface area (Å²) in [4.78, 5) is 10.5.